The van der Waals surface area contributed by atoms with Gasteiger partial charge in [0.05, 0.1) is 19.1 Å². The Labute approximate surface area is 181 Å². The van der Waals surface area contributed by atoms with Gasteiger partial charge in [0.1, 0.15) is 11.5 Å². The smallest absolute Gasteiger partial charge is 0.387 e. The van der Waals surface area contributed by atoms with E-state index in [1.54, 1.807) is 24.3 Å². The van der Waals surface area contributed by atoms with Gasteiger partial charge in [-0.1, -0.05) is 12.1 Å². The van der Waals surface area contributed by atoms with Crippen molar-refractivity contribution in [2.45, 2.75) is 6.61 Å². The van der Waals surface area contributed by atoms with E-state index in [-0.39, 0.29) is 28.4 Å². The van der Waals surface area contributed by atoms with Gasteiger partial charge in [-0.05, 0) is 48.0 Å². The van der Waals surface area contributed by atoms with E-state index in [9.17, 15) is 23.7 Å². The summed E-state index contributed by atoms with van der Waals surface area (Å²) in [5.74, 6) is -0.111. The SMILES string of the molecule is COc1ccc(-c2cc(NC(=O)c3ccc(OC)c([N+](=O)[O-])c3)ccc2OC(F)F)cc1. The van der Waals surface area contributed by atoms with Crippen molar-refractivity contribution in [3.05, 3.63) is 76.3 Å². The maximum atomic E-state index is 12.9. The van der Waals surface area contributed by atoms with Crippen molar-refractivity contribution in [2.24, 2.45) is 0 Å². The first-order valence-electron chi connectivity index (χ1n) is 9.19. The summed E-state index contributed by atoms with van der Waals surface area (Å²) >= 11 is 0. The molecule has 0 atom stereocenters. The lowest BCUT2D eigenvalue weighted by Crippen LogP contribution is -2.12. The standard InChI is InChI=1S/C22H18F2N2O6/c1-30-16-7-3-13(4-8-16)17-12-15(6-10-19(17)32-22(23)24)25-21(27)14-5-9-20(31-2)18(11-14)26(28)29/h3-12,22H,1-2H3,(H,25,27). The third-order valence-electron chi connectivity index (χ3n) is 4.49. The number of carbonyl (C=O) groups excluding carboxylic acids is 1. The van der Waals surface area contributed by atoms with Crippen LogP contribution in [0.4, 0.5) is 20.2 Å². The number of rotatable bonds is 8. The quantitative estimate of drug-likeness (QED) is 0.382. The molecule has 3 aromatic carbocycles. The zero-order valence-electron chi connectivity index (χ0n) is 17.0. The third kappa shape index (κ3) is 5.09. The highest BCUT2D eigenvalue weighted by atomic mass is 19.3. The maximum Gasteiger partial charge on any atom is 0.387 e. The number of benzene rings is 3. The van der Waals surface area contributed by atoms with E-state index in [1.165, 1.54) is 44.6 Å². The summed E-state index contributed by atoms with van der Waals surface area (Å²) < 4.78 is 40.3. The minimum absolute atomic E-state index is 0.0156. The van der Waals surface area contributed by atoms with Gasteiger partial charge in [0.2, 0.25) is 0 Å². The first-order valence-corrected chi connectivity index (χ1v) is 9.19. The summed E-state index contributed by atoms with van der Waals surface area (Å²) in [4.78, 5) is 23.2. The van der Waals surface area contributed by atoms with Crippen LogP contribution in [0.3, 0.4) is 0 Å². The molecule has 0 aliphatic heterocycles. The van der Waals surface area contributed by atoms with E-state index in [1.807, 2.05) is 0 Å². The van der Waals surface area contributed by atoms with Gasteiger partial charge in [-0.2, -0.15) is 8.78 Å². The van der Waals surface area contributed by atoms with Crippen LogP contribution >= 0.6 is 0 Å². The molecule has 0 fully saturated rings. The van der Waals surface area contributed by atoms with Gasteiger partial charge in [0, 0.05) is 22.9 Å². The number of halogens is 2. The van der Waals surface area contributed by atoms with Gasteiger partial charge in [0.15, 0.2) is 5.75 Å². The normalized spacial score (nSPS) is 10.5. The Morgan fingerprint density at radius 1 is 0.969 bits per heavy atom. The van der Waals surface area contributed by atoms with Gasteiger partial charge in [-0.15, -0.1) is 0 Å². The minimum atomic E-state index is -3.03. The summed E-state index contributed by atoms with van der Waals surface area (Å²) in [6.45, 7) is -3.03. The van der Waals surface area contributed by atoms with E-state index >= 15 is 0 Å². The molecule has 3 aromatic rings. The molecule has 1 N–H and O–H groups in total. The van der Waals surface area contributed by atoms with Crippen molar-refractivity contribution in [3.63, 3.8) is 0 Å². The Morgan fingerprint density at radius 3 is 2.25 bits per heavy atom. The van der Waals surface area contributed by atoms with Crippen LogP contribution in [0, 0.1) is 10.1 Å². The van der Waals surface area contributed by atoms with Crippen LogP contribution in [0.15, 0.2) is 60.7 Å². The lowest BCUT2D eigenvalue weighted by atomic mass is 10.0. The highest BCUT2D eigenvalue weighted by Gasteiger charge is 2.19. The molecule has 10 heteroatoms. The van der Waals surface area contributed by atoms with Gasteiger partial charge in [-0.3, -0.25) is 14.9 Å². The van der Waals surface area contributed by atoms with E-state index in [4.69, 9.17) is 9.47 Å². The van der Waals surface area contributed by atoms with E-state index in [2.05, 4.69) is 10.1 Å². The number of hydrogen-bond donors (Lipinski definition) is 1. The van der Waals surface area contributed by atoms with Crippen LogP contribution in [-0.4, -0.2) is 31.7 Å². The molecule has 8 nitrogen and oxygen atoms in total. The largest absolute Gasteiger partial charge is 0.497 e. The van der Waals surface area contributed by atoms with E-state index < -0.39 is 17.4 Å². The predicted molar refractivity (Wildman–Crippen MR) is 113 cm³/mol. The number of amides is 1. The number of nitro benzene ring substituents is 1. The fourth-order valence-electron chi connectivity index (χ4n) is 2.98. The molecule has 0 bridgehead atoms. The molecule has 166 valence electrons. The molecule has 0 aliphatic rings. The second-order valence-electron chi connectivity index (χ2n) is 6.42. The summed E-state index contributed by atoms with van der Waals surface area (Å²) in [6.07, 6.45) is 0. The number of methoxy groups -OCH3 is 2. The molecule has 0 aliphatic carbocycles. The van der Waals surface area contributed by atoms with Crippen LogP contribution in [-0.2, 0) is 0 Å². The Kier molecular flexibility index (Phi) is 6.83. The van der Waals surface area contributed by atoms with Crippen LogP contribution < -0.4 is 19.5 Å². The molecule has 0 saturated heterocycles. The first kappa shape index (κ1) is 22.5. The van der Waals surface area contributed by atoms with Crippen molar-refractivity contribution in [1.82, 2.24) is 0 Å². The number of ether oxygens (including phenoxy) is 3. The van der Waals surface area contributed by atoms with Gasteiger partial charge in [0.25, 0.3) is 5.91 Å². The molecular formula is C22H18F2N2O6. The first-order chi connectivity index (χ1) is 15.3. The Bertz CT molecular complexity index is 1140. The molecule has 32 heavy (non-hydrogen) atoms. The number of carbonyl (C=O) groups is 1. The minimum Gasteiger partial charge on any atom is -0.497 e. The lowest BCUT2D eigenvalue weighted by Gasteiger charge is -2.14. The molecular weight excluding hydrogens is 426 g/mol. The highest BCUT2D eigenvalue weighted by molar-refractivity contribution is 6.05. The fourth-order valence-corrected chi connectivity index (χ4v) is 2.98. The van der Waals surface area contributed by atoms with Crippen molar-refractivity contribution >= 4 is 17.3 Å². The zero-order chi connectivity index (χ0) is 23.3. The van der Waals surface area contributed by atoms with Crippen molar-refractivity contribution in [3.8, 4) is 28.4 Å². The number of nitrogens with one attached hydrogen (secondary N) is 1. The molecule has 3 rings (SSSR count). The molecule has 0 aromatic heterocycles. The molecule has 0 spiro atoms. The number of alkyl halides is 2. The second kappa shape index (κ2) is 9.73. The zero-order valence-corrected chi connectivity index (χ0v) is 17.0. The van der Waals surface area contributed by atoms with Gasteiger partial charge in [-0.25, -0.2) is 0 Å². The van der Waals surface area contributed by atoms with Gasteiger partial charge >= 0.3 is 12.3 Å². The Hall–Kier alpha value is -4.21. The summed E-state index contributed by atoms with van der Waals surface area (Å²) in [5, 5.41) is 13.8. The van der Waals surface area contributed by atoms with Crippen LogP contribution in [0.1, 0.15) is 10.4 Å². The lowest BCUT2D eigenvalue weighted by molar-refractivity contribution is -0.385. The van der Waals surface area contributed by atoms with E-state index in [0.717, 1.165) is 6.07 Å². The summed E-state index contributed by atoms with van der Waals surface area (Å²) in [5.41, 5.74) is 0.807. The highest BCUT2D eigenvalue weighted by Crippen LogP contribution is 2.35. The topological polar surface area (TPSA) is 99.9 Å². The third-order valence-corrected chi connectivity index (χ3v) is 4.49. The molecule has 0 saturated carbocycles. The monoisotopic (exact) mass is 444 g/mol. The average Bonchev–Trinajstić information content (AvgIpc) is 2.79. The van der Waals surface area contributed by atoms with Crippen LogP contribution in [0.25, 0.3) is 11.1 Å². The predicted octanol–water partition coefficient (Wildman–Crippen LogP) is 5.13. The molecule has 0 unspecified atom stereocenters. The van der Waals surface area contributed by atoms with Gasteiger partial charge < -0.3 is 19.5 Å². The molecule has 0 radical (unpaired) electrons. The maximum absolute atomic E-state index is 12.9. The number of nitrogens with zero attached hydrogens (tertiary/aromatic N) is 1. The summed E-state index contributed by atoms with van der Waals surface area (Å²) in [6, 6.07) is 14.6. The van der Waals surface area contributed by atoms with Crippen molar-refractivity contribution in [1.29, 1.82) is 0 Å². The average molecular weight is 444 g/mol. The van der Waals surface area contributed by atoms with Crippen molar-refractivity contribution in [2.75, 3.05) is 19.5 Å². The number of hydrogen-bond acceptors (Lipinski definition) is 6. The van der Waals surface area contributed by atoms with Crippen LogP contribution in [0.2, 0.25) is 0 Å². The van der Waals surface area contributed by atoms with Crippen LogP contribution in [0.5, 0.6) is 17.2 Å². The number of anilines is 1. The Morgan fingerprint density at radius 2 is 1.66 bits per heavy atom. The van der Waals surface area contributed by atoms with E-state index in [0.29, 0.717) is 16.9 Å². The molecule has 0 heterocycles. The molecule has 1 amide bonds. The van der Waals surface area contributed by atoms with Crippen molar-refractivity contribution < 1.29 is 32.7 Å². The number of nitro groups is 1. The second-order valence-corrected chi connectivity index (χ2v) is 6.42. The fraction of sp³-hybridized carbons (Fsp3) is 0.136. The summed E-state index contributed by atoms with van der Waals surface area (Å²) in [7, 11) is 2.78. The Balaban J connectivity index is 1.93.